The van der Waals surface area contributed by atoms with Gasteiger partial charge in [0.1, 0.15) is 5.69 Å². The Balaban J connectivity index is 1.68. The van der Waals surface area contributed by atoms with E-state index in [1.54, 1.807) is 0 Å². The van der Waals surface area contributed by atoms with Crippen molar-refractivity contribution < 1.29 is 9.53 Å². The van der Waals surface area contributed by atoms with Crippen LogP contribution < -0.4 is 5.56 Å². The van der Waals surface area contributed by atoms with E-state index in [9.17, 15) is 9.59 Å². The van der Waals surface area contributed by atoms with E-state index in [1.165, 1.54) is 11.1 Å². The minimum Gasteiger partial charge on any atom is -0.461 e. The number of rotatable bonds is 5. The maximum Gasteiger partial charge on any atom is 0.354 e. The van der Waals surface area contributed by atoms with Gasteiger partial charge in [-0.3, -0.25) is 4.79 Å². The molecule has 0 aliphatic heterocycles. The van der Waals surface area contributed by atoms with Crippen molar-refractivity contribution in [1.82, 2.24) is 9.55 Å². The molecule has 0 saturated heterocycles. The number of fused-ring (bicyclic) bond motifs is 3. The molecular weight excluding hydrogens is 424 g/mol. The Bertz CT molecular complexity index is 1440. The zero-order valence-corrected chi connectivity index (χ0v) is 19.8. The fourth-order valence-corrected chi connectivity index (χ4v) is 4.91. The molecule has 1 aliphatic carbocycles. The van der Waals surface area contributed by atoms with Crippen LogP contribution in [-0.2, 0) is 24.1 Å². The van der Waals surface area contributed by atoms with Crippen LogP contribution in [0.4, 0.5) is 0 Å². The van der Waals surface area contributed by atoms with E-state index < -0.39 is 0 Å². The van der Waals surface area contributed by atoms with Gasteiger partial charge in [0, 0.05) is 12.1 Å². The molecule has 5 heteroatoms. The van der Waals surface area contributed by atoms with E-state index >= 15 is 0 Å². The molecule has 0 amide bonds. The highest BCUT2D eigenvalue weighted by molar-refractivity contribution is 5.90. The molecule has 0 saturated carbocycles. The van der Waals surface area contributed by atoms with Crippen LogP contribution in [0.25, 0.3) is 22.5 Å². The van der Waals surface area contributed by atoms with Crippen LogP contribution in [0.3, 0.4) is 0 Å². The lowest BCUT2D eigenvalue weighted by atomic mass is 9.92. The van der Waals surface area contributed by atoms with E-state index in [0.29, 0.717) is 24.4 Å². The van der Waals surface area contributed by atoms with Gasteiger partial charge < -0.3 is 14.3 Å². The highest BCUT2D eigenvalue weighted by atomic mass is 16.5. The number of aromatic nitrogens is 2. The van der Waals surface area contributed by atoms with Crippen LogP contribution in [-0.4, -0.2) is 22.1 Å². The molecule has 2 aromatic carbocycles. The molecule has 1 N–H and O–H groups in total. The van der Waals surface area contributed by atoms with Crippen molar-refractivity contribution in [2.24, 2.45) is 0 Å². The van der Waals surface area contributed by atoms with Crippen LogP contribution >= 0.6 is 0 Å². The molecule has 2 heterocycles. The fourth-order valence-electron chi connectivity index (χ4n) is 4.91. The molecule has 0 spiro atoms. The van der Waals surface area contributed by atoms with Crippen molar-refractivity contribution in [3.05, 3.63) is 105 Å². The fraction of sp³-hybridized carbons (Fsp3) is 0.241. The number of nitrogens with one attached hydrogen (secondary N) is 1. The summed E-state index contributed by atoms with van der Waals surface area (Å²) < 4.78 is 7.41. The quantitative estimate of drug-likeness (QED) is 0.410. The summed E-state index contributed by atoms with van der Waals surface area (Å²) in [5.74, 6) is -0.341. The number of aromatic amines is 1. The monoisotopic (exact) mass is 452 g/mol. The average molecular weight is 453 g/mol. The molecular formula is C29H28N2O3. The number of carbonyl (C=O) groups is 1. The number of H-pyrrole nitrogens is 1. The van der Waals surface area contributed by atoms with E-state index in [0.717, 1.165) is 46.5 Å². The Morgan fingerprint density at radius 1 is 1.00 bits per heavy atom. The number of hydrogen-bond acceptors (Lipinski definition) is 3. The zero-order valence-electron chi connectivity index (χ0n) is 19.8. The van der Waals surface area contributed by atoms with Crippen molar-refractivity contribution in [3.63, 3.8) is 0 Å². The van der Waals surface area contributed by atoms with Gasteiger partial charge in [-0.2, -0.15) is 0 Å². The molecule has 4 aromatic rings. The van der Waals surface area contributed by atoms with Gasteiger partial charge in [0.05, 0.1) is 18.0 Å². The maximum absolute atomic E-state index is 13.1. The Morgan fingerprint density at radius 3 is 2.50 bits per heavy atom. The van der Waals surface area contributed by atoms with Crippen molar-refractivity contribution in [3.8, 4) is 22.5 Å². The number of carbonyl (C=O) groups excluding carboxylic acids is 1. The van der Waals surface area contributed by atoms with E-state index in [2.05, 4.69) is 37.0 Å². The Hall–Kier alpha value is -3.86. The maximum atomic E-state index is 13.1. The summed E-state index contributed by atoms with van der Waals surface area (Å²) >= 11 is 0. The second kappa shape index (κ2) is 8.82. The first-order valence-corrected chi connectivity index (χ1v) is 11.7. The lowest BCUT2D eigenvalue weighted by molar-refractivity contribution is 0.0514. The topological polar surface area (TPSA) is 64.1 Å². The molecule has 2 aromatic heterocycles. The molecule has 0 unspecified atom stereocenters. The third-order valence-corrected chi connectivity index (χ3v) is 6.60. The summed E-state index contributed by atoms with van der Waals surface area (Å²) in [5, 5.41) is 0. The standard InChI is InChI=1S/C29H28N2O3/c1-4-34-29(33)25-16-22-13-12-21-15-24(20-8-6-5-7-9-20)28(32)30-26(21)27(22)31(25)17-23-11-10-18(2)14-19(23)3/h5-11,14-16H,4,12-13,17H2,1-3H3,(H,30,32). The van der Waals surface area contributed by atoms with Gasteiger partial charge in [0.25, 0.3) is 5.56 Å². The molecule has 5 nitrogen and oxygen atoms in total. The first kappa shape index (κ1) is 22.0. The number of nitrogens with zero attached hydrogens (tertiary/aromatic N) is 1. The van der Waals surface area contributed by atoms with Gasteiger partial charge in [-0.05, 0) is 73.6 Å². The molecule has 34 heavy (non-hydrogen) atoms. The van der Waals surface area contributed by atoms with Crippen molar-refractivity contribution in [2.45, 2.75) is 40.2 Å². The van der Waals surface area contributed by atoms with Crippen molar-refractivity contribution >= 4 is 5.97 Å². The molecule has 1 aliphatic rings. The second-order valence-corrected chi connectivity index (χ2v) is 8.92. The van der Waals surface area contributed by atoms with E-state index in [-0.39, 0.29) is 11.5 Å². The third-order valence-electron chi connectivity index (χ3n) is 6.60. The van der Waals surface area contributed by atoms with Gasteiger partial charge in [-0.15, -0.1) is 0 Å². The molecule has 0 atom stereocenters. The lowest BCUT2D eigenvalue weighted by Crippen LogP contribution is -2.19. The predicted octanol–water partition coefficient (Wildman–Crippen LogP) is 5.45. The summed E-state index contributed by atoms with van der Waals surface area (Å²) in [6, 6.07) is 20.0. The predicted molar refractivity (Wildman–Crippen MR) is 134 cm³/mol. The van der Waals surface area contributed by atoms with Gasteiger partial charge in [0.2, 0.25) is 0 Å². The van der Waals surface area contributed by atoms with Crippen LogP contribution in [0.5, 0.6) is 0 Å². The Labute approximate surface area is 199 Å². The van der Waals surface area contributed by atoms with Gasteiger partial charge >= 0.3 is 5.97 Å². The van der Waals surface area contributed by atoms with E-state index in [4.69, 9.17) is 4.74 Å². The summed E-state index contributed by atoms with van der Waals surface area (Å²) in [4.78, 5) is 29.2. The number of hydrogen-bond donors (Lipinski definition) is 1. The van der Waals surface area contributed by atoms with E-state index in [1.807, 2.05) is 54.0 Å². The highest BCUT2D eigenvalue weighted by Crippen LogP contribution is 2.36. The van der Waals surface area contributed by atoms with Crippen molar-refractivity contribution in [1.29, 1.82) is 0 Å². The van der Waals surface area contributed by atoms with Crippen LogP contribution in [0.1, 0.15) is 45.2 Å². The first-order valence-electron chi connectivity index (χ1n) is 11.7. The Kier molecular flexibility index (Phi) is 5.70. The number of pyridine rings is 1. The van der Waals surface area contributed by atoms with Crippen LogP contribution in [0.2, 0.25) is 0 Å². The largest absolute Gasteiger partial charge is 0.461 e. The number of esters is 1. The van der Waals surface area contributed by atoms with Gasteiger partial charge in [0.15, 0.2) is 0 Å². The highest BCUT2D eigenvalue weighted by Gasteiger charge is 2.28. The average Bonchev–Trinajstić information content (AvgIpc) is 3.20. The smallest absolute Gasteiger partial charge is 0.354 e. The van der Waals surface area contributed by atoms with Gasteiger partial charge in [-0.1, -0.05) is 54.1 Å². The molecule has 0 bridgehead atoms. The van der Waals surface area contributed by atoms with Crippen molar-refractivity contribution in [2.75, 3.05) is 6.61 Å². The third kappa shape index (κ3) is 3.87. The van der Waals surface area contributed by atoms with Gasteiger partial charge in [-0.25, -0.2) is 4.79 Å². The van der Waals surface area contributed by atoms with Crippen LogP contribution in [0, 0.1) is 13.8 Å². The Morgan fingerprint density at radius 2 is 1.76 bits per heavy atom. The summed E-state index contributed by atoms with van der Waals surface area (Å²) in [6.45, 7) is 6.81. The first-order chi connectivity index (χ1) is 16.5. The second-order valence-electron chi connectivity index (χ2n) is 8.92. The molecule has 5 rings (SSSR count). The zero-order chi connectivity index (χ0) is 23.8. The minimum absolute atomic E-state index is 0.130. The number of benzene rings is 2. The lowest BCUT2D eigenvalue weighted by Gasteiger charge is -2.21. The number of ether oxygens (including phenoxy) is 1. The summed E-state index contributed by atoms with van der Waals surface area (Å²) in [6.07, 6.45) is 1.60. The molecule has 0 radical (unpaired) electrons. The SMILES string of the molecule is CCOC(=O)c1cc2c(n1Cc1ccc(C)cc1C)-c1[nH]c(=O)c(-c3ccccc3)cc1CC2. The minimum atomic E-state index is -0.341. The van der Waals surface area contributed by atoms with Crippen LogP contribution in [0.15, 0.2) is 65.5 Å². The summed E-state index contributed by atoms with van der Waals surface area (Å²) in [5.41, 5.74) is 9.30. The number of aryl methyl sites for hydroxylation is 4. The summed E-state index contributed by atoms with van der Waals surface area (Å²) in [7, 11) is 0. The molecule has 0 fully saturated rings. The molecule has 172 valence electrons. The normalized spacial score (nSPS) is 12.2.